The molecule has 170 valence electrons. The van der Waals surface area contributed by atoms with Crippen LogP contribution in [0.4, 0.5) is 36.8 Å². The topological polar surface area (TPSA) is 79.8 Å². The number of carbonyl (C=O) groups is 3. The number of benzene rings is 1. The fourth-order valence-corrected chi connectivity index (χ4v) is 3.09. The summed E-state index contributed by atoms with van der Waals surface area (Å²) in [4.78, 5) is 43.0. The minimum atomic E-state index is -4.97. The molecule has 3 rings (SSSR count). The number of hydrogen-bond donors (Lipinski definition) is 0. The molecule has 13 heteroatoms. The molecule has 4 amide bonds. The van der Waals surface area contributed by atoms with Crippen LogP contribution in [-0.4, -0.2) is 39.6 Å². The van der Waals surface area contributed by atoms with Crippen LogP contribution in [0.1, 0.15) is 29.8 Å². The third-order valence-corrected chi connectivity index (χ3v) is 4.56. The minimum absolute atomic E-state index is 0.208. The molecule has 1 aromatic carbocycles. The standard InChI is InChI=1S/C19H13F6N3O4/c1-17(2)15(30)27(10-3-5-11(6-4-10)32-19(23,24)25)16(31)28(17)14(29)12-9-26-8-7-13(12)18(20,21)22/h3-9H,1-2H3. The Bertz CT molecular complexity index is 1080. The molecule has 0 N–H and O–H groups in total. The second-order valence-corrected chi connectivity index (χ2v) is 7.08. The number of imide groups is 2. The molecule has 2 aromatic rings. The number of halogens is 6. The maximum atomic E-state index is 13.3. The zero-order chi connectivity index (χ0) is 24.1. The fourth-order valence-electron chi connectivity index (χ4n) is 3.09. The Labute approximate surface area is 176 Å². The van der Waals surface area contributed by atoms with Crippen molar-refractivity contribution in [3.63, 3.8) is 0 Å². The predicted molar refractivity (Wildman–Crippen MR) is 95.5 cm³/mol. The molecule has 7 nitrogen and oxygen atoms in total. The molecule has 0 aliphatic carbocycles. The van der Waals surface area contributed by atoms with E-state index in [2.05, 4.69) is 9.72 Å². The van der Waals surface area contributed by atoms with E-state index in [4.69, 9.17) is 0 Å². The van der Waals surface area contributed by atoms with Gasteiger partial charge in [0, 0.05) is 12.4 Å². The molecule has 1 aromatic heterocycles. The highest BCUT2D eigenvalue weighted by molar-refractivity contribution is 6.28. The van der Waals surface area contributed by atoms with E-state index in [9.17, 15) is 40.7 Å². The molecular weight excluding hydrogens is 448 g/mol. The summed E-state index contributed by atoms with van der Waals surface area (Å²) in [5.74, 6) is -3.01. The molecule has 1 aliphatic heterocycles. The summed E-state index contributed by atoms with van der Waals surface area (Å²) in [5.41, 5.74) is -4.39. The summed E-state index contributed by atoms with van der Waals surface area (Å²) >= 11 is 0. The second kappa shape index (κ2) is 7.50. The first-order valence-electron chi connectivity index (χ1n) is 8.74. The Balaban J connectivity index is 1.99. The Morgan fingerprint density at radius 3 is 2.12 bits per heavy atom. The van der Waals surface area contributed by atoms with E-state index in [0.717, 1.165) is 44.3 Å². The van der Waals surface area contributed by atoms with Gasteiger partial charge in [0.25, 0.3) is 11.8 Å². The van der Waals surface area contributed by atoms with Gasteiger partial charge >= 0.3 is 18.6 Å². The first-order chi connectivity index (χ1) is 14.6. The average Bonchev–Trinajstić information content (AvgIpc) is 2.84. The zero-order valence-corrected chi connectivity index (χ0v) is 16.3. The molecule has 0 radical (unpaired) electrons. The Kier molecular flexibility index (Phi) is 5.40. The van der Waals surface area contributed by atoms with Crippen molar-refractivity contribution in [2.24, 2.45) is 0 Å². The van der Waals surface area contributed by atoms with Crippen molar-refractivity contribution in [3.05, 3.63) is 53.9 Å². The Hall–Kier alpha value is -3.64. The summed E-state index contributed by atoms with van der Waals surface area (Å²) in [6, 6.07) is 2.89. The third kappa shape index (κ3) is 4.09. The van der Waals surface area contributed by atoms with E-state index in [1.54, 1.807) is 0 Å². The highest BCUT2D eigenvalue weighted by Crippen LogP contribution is 2.37. The number of anilines is 1. The monoisotopic (exact) mass is 461 g/mol. The number of urea groups is 1. The molecule has 0 unspecified atom stereocenters. The maximum absolute atomic E-state index is 13.3. The van der Waals surface area contributed by atoms with Crippen LogP contribution < -0.4 is 9.64 Å². The molecule has 32 heavy (non-hydrogen) atoms. The van der Waals surface area contributed by atoms with Gasteiger partial charge in [0.05, 0.1) is 16.8 Å². The van der Waals surface area contributed by atoms with Crippen molar-refractivity contribution in [2.45, 2.75) is 31.9 Å². The molecule has 1 fully saturated rings. The van der Waals surface area contributed by atoms with Crippen molar-refractivity contribution >= 4 is 23.5 Å². The Morgan fingerprint density at radius 2 is 1.59 bits per heavy atom. The van der Waals surface area contributed by atoms with Crippen LogP contribution in [0.3, 0.4) is 0 Å². The van der Waals surface area contributed by atoms with E-state index in [0.29, 0.717) is 22.1 Å². The predicted octanol–water partition coefficient (Wildman–Crippen LogP) is 4.39. The van der Waals surface area contributed by atoms with Crippen LogP contribution in [0.25, 0.3) is 0 Å². The Morgan fingerprint density at radius 1 is 1.00 bits per heavy atom. The lowest BCUT2D eigenvalue weighted by atomic mass is 10.0. The molecule has 0 saturated carbocycles. The maximum Gasteiger partial charge on any atom is 0.573 e. The smallest absolute Gasteiger partial charge is 0.406 e. The van der Waals surface area contributed by atoms with Crippen molar-refractivity contribution in [3.8, 4) is 5.75 Å². The summed E-state index contributed by atoms with van der Waals surface area (Å²) in [6.45, 7) is 2.30. The largest absolute Gasteiger partial charge is 0.573 e. The quantitative estimate of drug-likeness (QED) is 0.501. The number of pyridine rings is 1. The number of alkyl halides is 6. The number of amides is 4. The van der Waals surface area contributed by atoms with Gasteiger partial charge in [-0.2, -0.15) is 13.2 Å². The number of carbonyl (C=O) groups excluding carboxylic acids is 3. The minimum Gasteiger partial charge on any atom is -0.406 e. The summed E-state index contributed by atoms with van der Waals surface area (Å²) in [5, 5.41) is 0. The third-order valence-electron chi connectivity index (χ3n) is 4.56. The van der Waals surface area contributed by atoms with Gasteiger partial charge in [-0.15, -0.1) is 13.2 Å². The molecule has 2 heterocycles. The molecular formula is C19H13F6N3O4. The number of rotatable bonds is 3. The van der Waals surface area contributed by atoms with Gasteiger partial charge in [-0.1, -0.05) is 0 Å². The fraction of sp³-hybridized carbons (Fsp3) is 0.263. The first kappa shape index (κ1) is 23.0. The molecule has 0 bridgehead atoms. The number of nitrogens with zero attached hydrogens (tertiary/aromatic N) is 3. The van der Waals surface area contributed by atoms with Gasteiger partial charge in [0.2, 0.25) is 0 Å². The van der Waals surface area contributed by atoms with Crippen LogP contribution in [-0.2, 0) is 11.0 Å². The molecule has 0 spiro atoms. The van der Waals surface area contributed by atoms with Crippen LogP contribution in [0.2, 0.25) is 0 Å². The van der Waals surface area contributed by atoms with Crippen LogP contribution in [0.15, 0.2) is 42.7 Å². The van der Waals surface area contributed by atoms with E-state index in [-0.39, 0.29) is 5.69 Å². The second-order valence-electron chi connectivity index (χ2n) is 7.08. The number of ether oxygens (including phenoxy) is 1. The highest BCUT2D eigenvalue weighted by Gasteiger charge is 2.55. The van der Waals surface area contributed by atoms with E-state index in [1.807, 2.05) is 0 Å². The lowest BCUT2D eigenvalue weighted by Crippen LogP contribution is -2.48. The van der Waals surface area contributed by atoms with Gasteiger partial charge in [-0.05, 0) is 44.2 Å². The molecule has 0 atom stereocenters. The molecule has 1 aliphatic rings. The van der Waals surface area contributed by atoms with E-state index >= 15 is 0 Å². The van der Waals surface area contributed by atoms with Crippen molar-refractivity contribution in [2.75, 3.05) is 4.90 Å². The van der Waals surface area contributed by atoms with E-state index in [1.165, 1.54) is 0 Å². The highest BCUT2D eigenvalue weighted by atomic mass is 19.4. The van der Waals surface area contributed by atoms with Gasteiger partial charge in [0.15, 0.2) is 0 Å². The number of hydrogen-bond acceptors (Lipinski definition) is 5. The van der Waals surface area contributed by atoms with Crippen LogP contribution >= 0.6 is 0 Å². The van der Waals surface area contributed by atoms with Crippen molar-refractivity contribution in [1.29, 1.82) is 0 Å². The summed E-state index contributed by atoms with van der Waals surface area (Å²) in [7, 11) is 0. The summed E-state index contributed by atoms with van der Waals surface area (Å²) < 4.78 is 80.6. The van der Waals surface area contributed by atoms with Gasteiger partial charge < -0.3 is 4.74 Å². The van der Waals surface area contributed by atoms with E-state index < -0.39 is 52.8 Å². The normalized spacial score (nSPS) is 16.5. The number of aromatic nitrogens is 1. The summed E-state index contributed by atoms with van der Waals surface area (Å²) in [6.07, 6.45) is -8.45. The van der Waals surface area contributed by atoms with Crippen molar-refractivity contribution < 1.29 is 45.5 Å². The lowest BCUT2D eigenvalue weighted by Gasteiger charge is -2.26. The lowest BCUT2D eigenvalue weighted by molar-refractivity contribution is -0.274. The van der Waals surface area contributed by atoms with Gasteiger partial charge in [-0.25, -0.2) is 14.6 Å². The van der Waals surface area contributed by atoms with Crippen molar-refractivity contribution in [1.82, 2.24) is 9.88 Å². The van der Waals surface area contributed by atoms with Crippen LogP contribution in [0.5, 0.6) is 5.75 Å². The average molecular weight is 461 g/mol. The van der Waals surface area contributed by atoms with Gasteiger partial charge in [-0.3, -0.25) is 14.6 Å². The SMILES string of the molecule is CC1(C)C(=O)N(c2ccc(OC(F)(F)F)cc2)C(=O)N1C(=O)c1cnccc1C(F)(F)F. The van der Waals surface area contributed by atoms with Crippen LogP contribution in [0, 0.1) is 0 Å². The van der Waals surface area contributed by atoms with Gasteiger partial charge in [0.1, 0.15) is 11.3 Å². The first-order valence-corrected chi connectivity index (χ1v) is 8.74. The zero-order valence-electron chi connectivity index (χ0n) is 16.3. The molecule has 1 saturated heterocycles.